The van der Waals surface area contributed by atoms with Crippen molar-refractivity contribution in [3.8, 4) is 0 Å². The highest BCUT2D eigenvalue weighted by molar-refractivity contribution is 5.75. The number of para-hydroxylation sites is 2. The largest absolute Gasteiger partial charge is 0.328 e. The first-order chi connectivity index (χ1) is 9.81. The molecule has 3 nitrogen and oxygen atoms in total. The van der Waals surface area contributed by atoms with Crippen molar-refractivity contribution in [1.29, 1.82) is 0 Å². The van der Waals surface area contributed by atoms with Gasteiger partial charge in [0.2, 0.25) is 0 Å². The van der Waals surface area contributed by atoms with Crippen LogP contribution in [0.3, 0.4) is 0 Å². The zero-order chi connectivity index (χ0) is 13.9. The van der Waals surface area contributed by atoms with Crippen molar-refractivity contribution in [1.82, 2.24) is 14.9 Å². The molecule has 1 aliphatic carbocycles. The van der Waals surface area contributed by atoms with E-state index in [0.717, 1.165) is 30.8 Å². The minimum atomic E-state index is 0.712. The number of fused-ring (bicyclic) bond motifs is 1. The standard InChI is InChI=1S/C17H25N3/c1-3-10-20-16-7-5-4-6-15(16)19-17(20)12-13-8-9-14(11-13)18-2/h4-7,13-14,18H,3,8-12H2,1-2H3. The molecular weight excluding hydrogens is 246 g/mol. The fourth-order valence-electron chi connectivity index (χ4n) is 3.54. The number of hydrogen-bond donors (Lipinski definition) is 1. The fourth-order valence-corrected chi connectivity index (χ4v) is 3.54. The Bertz CT molecular complexity index is 573. The van der Waals surface area contributed by atoms with Crippen LogP contribution in [0, 0.1) is 5.92 Å². The van der Waals surface area contributed by atoms with Crippen molar-refractivity contribution in [2.45, 2.75) is 51.6 Å². The number of benzene rings is 1. The topological polar surface area (TPSA) is 29.9 Å². The monoisotopic (exact) mass is 271 g/mol. The third-order valence-corrected chi connectivity index (χ3v) is 4.60. The lowest BCUT2D eigenvalue weighted by Crippen LogP contribution is -2.21. The summed E-state index contributed by atoms with van der Waals surface area (Å²) in [5.41, 5.74) is 2.45. The molecule has 1 aromatic carbocycles. The summed E-state index contributed by atoms with van der Waals surface area (Å²) >= 11 is 0. The van der Waals surface area contributed by atoms with Crippen LogP contribution < -0.4 is 5.32 Å². The molecule has 0 bridgehead atoms. The average Bonchev–Trinajstić information content (AvgIpc) is 3.05. The lowest BCUT2D eigenvalue weighted by Gasteiger charge is -2.12. The lowest BCUT2D eigenvalue weighted by molar-refractivity contribution is 0.487. The van der Waals surface area contributed by atoms with Gasteiger partial charge in [-0.25, -0.2) is 4.98 Å². The van der Waals surface area contributed by atoms with E-state index in [4.69, 9.17) is 4.98 Å². The van der Waals surface area contributed by atoms with E-state index < -0.39 is 0 Å². The maximum atomic E-state index is 4.89. The predicted molar refractivity (Wildman–Crippen MR) is 83.9 cm³/mol. The van der Waals surface area contributed by atoms with E-state index in [1.54, 1.807) is 0 Å². The molecule has 0 radical (unpaired) electrons. The van der Waals surface area contributed by atoms with Gasteiger partial charge in [0.25, 0.3) is 0 Å². The van der Waals surface area contributed by atoms with Gasteiger partial charge in [-0.3, -0.25) is 0 Å². The molecule has 20 heavy (non-hydrogen) atoms. The summed E-state index contributed by atoms with van der Waals surface area (Å²) < 4.78 is 2.43. The summed E-state index contributed by atoms with van der Waals surface area (Å²) in [6.07, 6.45) is 6.24. The second-order valence-corrected chi connectivity index (χ2v) is 6.04. The summed E-state index contributed by atoms with van der Waals surface area (Å²) in [7, 11) is 2.08. The molecule has 3 heteroatoms. The van der Waals surface area contributed by atoms with Gasteiger partial charge in [0.1, 0.15) is 5.82 Å². The second kappa shape index (κ2) is 5.96. The van der Waals surface area contributed by atoms with E-state index in [1.165, 1.54) is 30.6 Å². The highest BCUT2D eigenvalue weighted by Gasteiger charge is 2.25. The van der Waals surface area contributed by atoms with E-state index in [0.29, 0.717) is 6.04 Å². The maximum Gasteiger partial charge on any atom is 0.110 e. The van der Waals surface area contributed by atoms with Gasteiger partial charge in [-0.2, -0.15) is 0 Å². The van der Waals surface area contributed by atoms with Gasteiger partial charge in [-0.15, -0.1) is 0 Å². The molecule has 0 spiro atoms. The van der Waals surface area contributed by atoms with Gasteiger partial charge in [0.15, 0.2) is 0 Å². The number of nitrogens with zero attached hydrogens (tertiary/aromatic N) is 2. The molecule has 2 aromatic rings. The number of hydrogen-bond acceptors (Lipinski definition) is 2. The summed E-state index contributed by atoms with van der Waals surface area (Å²) in [6, 6.07) is 9.25. The first-order valence-corrected chi connectivity index (χ1v) is 7.93. The maximum absolute atomic E-state index is 4.89. The van der Waals surface area contributed by atoms with E-state index in [2.05, 4.69) is 48.1 Å². The molecule has 2 unspecified atom stereocenters. The molecule has 0 saturated heterocycles. The van der Waals surface area contributed by atoms with Gasteiger partial charge in [0, 0.05) is 19.0 Å². The lowest BCUT2D eigenvalue weighted by atomic mass is 10.0. The second-order valence-electron chi connectivity index (χ2n) is 6.04. The Hall–Kier alpha value is -1.35. The Labute approximate surface area is 121 Å². The van der Waals surface area contributed by atoms with Gasteiger partial charge >= 0.3 is 0 Å². The smallest absolute Gasteiger partial charge is 0.110 e. The number of aryl methyl sites for hydroxylation is 1. The molecule has 1 aromatic heterocycles. The average molecular weight is 271 g/mol. The van der Waals surface area contributed by atoms with E-state index in [-0.39, 0.29) is 0 Å². The zero-order valence-electron chi connectivity index (χ0n) is 12.6. The summed E-state index contributed by atoms with van der Waals surface area (Å²) in [5, 5.41) is 3.42. The Morgan fingerprint density at radius 2 is 2.15 bits per heavy atom. The van der Waals surface area contributed by atoms with Crippen LogP contribution in [0.25, 0.3) is 11.0 Å². The van der Waals surface area contributed by atoms with Gasteiger partial charge in [-0.1, -0.05) is 19.1 Å². The van der Waals surface area contributed by atoms with Gasteiger partial charge in [0.05, 0.1) is 11.0 Å². The molecule has 1 saturated carbocycles. The van der Waals surface area contributed by atoms with Crippen molar-refractivity contribution < 1.29 is 0 Å². The third kappa shape index (κ3) is 2.59. The van der Waals surface area contributed by atoms with Gasteiger partial charge in [-0.05, 0) is 50.8 Å². The first kappa shape index (κ1) is 13.6. The number of imidazole rings is 1. The van der Waals surface area contributed by atoms with Crippen LogP contribution in [-0.4, -0.2) is 22.6 Å². The molecule has 1 heterocycles. The quantitative estimate of drug-likeness (QED) is 0.903. The SMILES string of the molecule is CCCn1c(CC2CCC(NC)C2)nc2ccccc21. The van der Waals surface area contributed by atoms with Gasteiger partial charge < -0.3 is 9.88 Å². The Balaban J connectivity index is 1.85. The summed E-state index contributed by atoms with van der Waals surface area (Å²) in [5.74, 6) is 2.08. The molecule has 1 aliphatic rings. The molecule has 1 N–H and O–H groups in total. The summed E-state index contributed by atoms with van der Waals surface area (Å²) in [6.45, 7) is 3.32. The minimum absolute atomic E-state index is 0.712. The number of rotatable bonds is 5. The highest BCUT2D eigenvalue weighted by Crippen LogP contribution is 2.29. The van der Waals surface area contributed by atoms with Crippen LogP contribution in [0.2, 0.25) is 0 Å². The van der Waals surface area contributed by atoms with Crippen molar-refractivity contribution in [2.24, 2.45) is 5.92 Å². The zero-order valence-corrected chi connectivity index (χ0v) is 12.6. The molecule has 0 aliphatic heterocycles. The first-order valence-electron chi connectivity index (χ1n) is 7.93. The molecule has 0 amide bonds. The fraction of sp³-hybridized carbons (Fsp3) is 0.588. The Morgan fingerprint density at radius 3 is 2.90 bits per heavy atom. The van der Waals surface area contributed by atoms with Crippen LogP contribution in [0.4, 0.5) is 0 Å². The molecule has 108 valence electrons. The van der Waals surface area contributed by atoms with Crippen molar-refractivity contribution in [3.05, 3.63) is 30.1 Å². The Kier molecular flexibility index (Phi) is 4.06. The molecule has 3 rings (SSSR count). The minimum Gasteiger partial charge on any atom is -0.328 e. The third-order valence-electron chi connectivity index (χ3n) is 4.60. The van der Waals surface area contributed by atoms with Crippen LogP contribution in [0.15, 0.2) is 24.3 Å². The van der Waals surface area contributed by atoms with E-state index >= 15 is 0 Å². The normalized spacial score (nSPS) is 22.7. The predicted octanol–water partition coefficient (Wildman–Crippen LogP) is 3.38. The van der Waals surface area contributed by atoms with Crippen LogP contribution in [-0.2, 0) is 13.0 Å². The van der Waals surface area contributed by atoms with Crippen LogP contribution in [0.1, 0.15) is 38.4 Å². The van der Waals surface area contributed by atoms with Crippen LogP contribution >= 0.6 is 0 Å². The summed E-state index contributed by atoms with van der Waals surface area (Å²) in [4.78, 5) is 4.89. The Morgan fingerprint density at radius 1 is 1.30 bits per heavy atom. The molecular formula is C17H25N3. The number of nitrogens with one attached hydrogen (secondary N) is 1. The van der Waals surface area contributed by atoms with E-state index in [1.807, 2.05) is 0 Å². The van der Waals surface area contributed by atoms with Crippen molar-refractivity contribution in [2.75, 3.05) is 7.05 Å². The van der Waals surface area contributed by atoms with Crippen molar-refractivity contribution in [3.63, 3.8) is 0 Å². The molecule has 2 atom stereocenters. The van der Waals surface area contributed by atoms with Crippen LogP contribution in [0.5, 0.6) is 0 Å². The molecule has 1 fully saturated rings. The highest BCUT2D eigenvalue weighted by atomic mass is 15.1. The number of aromatic nitrogens is 2. The van der Waals surface area contributed by atoms with E-state index in [9.17, 15) is 0 Å². The van der Waals surface area contributed by atoms with Crippen molar-refractivity contribution >= 4 is 11.0 Å².